The molecular weight excluding hydrogens is 470 g/mol. The van der Waals surface area contributed by atoms with Crippen LogP contribution in [0.25, 0.3) is 34.0 Å². The van der Waals surface area contributed by atoms with E-state index in [0.717, 1.165) is 36.8 Å². The van der Waals surface area contributed by atoms with E-state index in [0.29, 0.717) is 17.8 Å². The number of aromatic nitrogens is 2. The molecule has 2 aromatic heterocycles. The van der Waals surface area contributed by atoms with Crippen molar-refractivity contribution in [2.45, 2.75) is 58.5 Å². The zero-order chi connectivity index (χ0) is 25.0. The SMILES string of the molecule is Cc1cscc1-c1c(C)cc(-c2nc(-c3ccc4c(c3)CCC4NC3CC(C(=O)O)C3)no2)cc1C. The summed E-state index contributed by atoms with van der Waals surface area (Å²) in [6.07, 6.45) is 3.46. The Balaban J connectivity index is 1.21. The monoisotopic (exact) mass is 499 g/mol. The number of aliphatic carboxylic acids is 1. The highest BCUT2D eigenvalue weighted by Gasteiger charge is 2.36. The van der Waals surface area contributed by atoms with Gasteiger partial charge >= 0.3 is 5.97 Å². The number of carboxylic acids is 1. The van der Waals surface area contributed by atoms with E-state index in [1.807, 2.05) is 0 Å². The molecule has 6 rings (SSSR count). The second-order valence-electron chi connectivity index (χ2n) is 10.3. The summed E-state index contributed by atoms with van der Waals surface area (Å²) in [4.78, 5) is 15.8. The minimum atomic E-state index is -0.678. The largest absolute Gasteiger partial charge is 0.481 e. The second kappa shape index (κ2) is 8.98. The van der Waals surface area contributed by atoms with E-state index in [9.17, 15) is 4.79 Å². The minimum absolute atomic E-state index is 0.193. The number of carbonyl (C=O) groups is 1. The van der Waals surface area contributed by atoms with Gasteiger partial charge < -0.3 is 14.9 Å². The van der Waals surface area contributed by atoms with Crippen molar-refractivity contribution in [1.29, 1.82) is 0 Å². The zero-order valence-electron chi connectivity index (χ0n) is 20.7. The van der Waals surface area contributed by atoms with Crippen LogP contribution in [0.5, 0.6) is 0 Å². The molecule has 0 amide bonds. The van der Waals surface area contributed by atoms with Gasteiger partial charge in [-0.15, -0.1) is 0 Å². The lowest BCUT2D eigenvalue weighted by atomic mass is 9.80. The lowest BCUT2D eigenvalue weighted by molar-refractivity contribution is -0.145. The summed E-state index contributed by atoms with van der Waals surface area (Å²) in [5, 5.41) is 21.5. The van der Waals surface area contributed by atoms with Gasteiger partial charge in [-0.3, -0.25) is 4.79 Å². The van der Waals surface area contributed by atoms with Gasteiger partial charge in [-0.2, -0.15) is 16.3 Å². The molecule has 184 valence electrons. The number of hydrogen-bond donors (Lipinski definition) is 2. The van der Waals surface area contributed by atoms with Gasteiger partial charge in [0.2, 0.25) is 5.82 Å². The average molecular weight is 500 g/mol. The van der Waals surface area contributed by atoms with Gasteiger partial charge in [0.25, 0.3) is 5.89 Å². The Morgan fingerprint density at radius 1 is 1.06 bits per heavy atom. The summed E-state index contributed by atoms with van der Waals surface area (Å²) in [6, 6.07) is 11.2. The van der Waals surface area contributed by atoms with Crippen molar-refractivity contribution in [3.8, 4) is 34.0 Å². The summed E-state index contributed by atoms with van der Waals surface area (Å²) in [6.45, 7) is 6.42. The minimum Gasteiger partial charge on any atom is -0.481 e. The molecule has 2 aromatic carbocycles. The number of fused-ring (bicyclic) bond motifs is 1. The number of carboxylic acid groups (broad SMARTS) is 1. The Hall–Kier alpha value is -3.29. The molecule has 7 heteroatoms. The summed E-state index contributed by atoms with van der Waals surface area (Å²) in [5.41, 5.74) is 10.7. The molecule has 1 unspecified atom stereocenters. The first kappa shape index (κ1) is 23.1. The molecule has 2 heterocycles. The normalized spacial score (nSPS) is 20.8. The number of hydrogen-bond acceptors (Lipinski definition) is 6. The third-order valence-electron chi connectivity index (χ3n) is 7.73. The third kappa shape index (κ3) is 4.06. The molecule has 0 spiro atoms. The van der Waals surface area contributed by atoms with Crippen molar-refractivity contribution in [2.24, 2.45) is 5.92 Å². The molecule has 2 aliphatic carbocycles. The van der Waals surface area contributed by atoms with Crippen molar-refractivity contribution in [1.82, 2.24) is 15.5 Å². The first-order valence-electron chi connectivity index (χ1n) is 12.5. The van der Waals surface area contributed by atoms with Crippen LogP contribution >= 0.6 is 11.3 Å². The fraction of sp³-hybridized carbons (Fsp3) is 0.345. The second-order valence-corrected chi connectivity index (χ2v) is 11.0. The molecule has 2 N–H and O–H groups in total. The first-order valence-corrected chi connectivity index (χ1v) is 13.4. The molecule has 6 nitrogen and oxygen atoms in total. The van der Waals surface area contributed by atoms with Crippen molar-refractivity contribution in [3.63, 3.8) is 0 Å². The quantitative estimate of drug-likeness (QED) is 0.315. The Labute approximate surface area is 214 Å². The molecule has 4 aromatic rings. The molecule has 0 radical (unpaired) electrons. The number of rotatable bonds is 6. The summed E-state index contributed by atoms with van der Waals surface area (Å²) >= 11 is 1.73. The Kier molecular flexibility index (Phi) is 5.77. The van der Waals surface area contributed by atoms with Gasteiger partial charge in [0.1, 0.15) is 0 Å². The highest BCUT2D eigenvalue weighted by Crippen LogP contribution is 2.38. The summed E-state index contributed by atoms with van der Waals surface area (Å²) in [5.74, 6) is 0.257. The van der Waals surface area contributed by atoms with E-state index in [4.69, 9.17) is 14.6 Å². The predicted octanol–water partition coefficient (Wildman–Crippen LogP) is 6.50. The van der Waals surface area contributed by atoms with Crippen molar-refractivity contribution < 1.29 is 14.4 Å². The topological polar surface area (TPSA) is 88.2 Å². The smallest absolute Gasteiger partial charge is 0.306 e. The van der Waals surface area contributed by atoms with Crippen LogP contribution in [0.15, 0.2) is 45.6 Å². The Morgan fingerprint density at radius 2 is 1.83 bits per heavy atom. The van der Waals surface area contributed by atoms with Gasteiger partial charge in [-0.1, -0.05) is 17.3 Å². The third-order valence-corrected chi connectivity index (χ3v) is 8.60. The summed E-state index contributed by atoms with van der Waals surface area (Å²) < 4.78 is 5.69. The number of aryl methyl sites for hydroxylation is 4. The van der Waals surface area contributed by atoms with Crippen LogP contribution in [0, 0.1) is 26.7 Å². The van der Waals surface area contributed by atoms with Crippen molar-refractivity contribution in [2.75, 3.05) is 0 Å². The fourth-order valence-corrected chi connectivity index (χ4v) is 6.60. The number of nitrogens with zero attached hydrogens (tertiary/aromatic N) is 2. The van der Waals surface area contributed by atoms with Gasteiger partial charge in [0, 0.05) is 23.2 Å². The Morgan fingerprint density at radius 3 is 2.53 bits per heavy atom. The molecule has 0 saturated heterocycles. The number of benzene rings is 2. The zero-order valence-corrected chi connectivity index (χ0v) is 21.5. The van der Waals surface area contributed by atoms with Crippen LogP contribution in [-0.2, 0) is 11.2 Å². The van der Waals surface area contributed by atoms with E-state index >= 15 is 0 Å². The maximum Gasteiger partial charge on any atom is 0.306 e. The standard InChI is InChI=1S/C29H29N3O3S/c1-15-8-20(9-16(2)26(15)24-14-36-13-17(24)3)28-31-27(32-35-28)19-4-6-23-18(10-19)5-7-25(23)30-22-11-21(12-22)29(33)34/h4,6,8-10,13-14,21-22,25,30H,5,7,11-12H2,1-3H3,(H,33,34). The van der Waals surface area contributed by atoms with Crippen molar-refractivity contribution >= 4 is 17.3 Å². The van der Waals surface area contributed by atoms with Gasteiger partial charge in [0.05, 0.1) is 5.92 Å². The van der Waals surface area contributed by atoms with Gasteiger partial charge in [-0.05, 0) is 114 Å². The van der Waals surface area contributed by atoms with Gasteiger partial charge in [0.15, 0.2) is 0 Å². The Bertz CT molecular complexity index is 1440. The molecule has 1 atom stereocenters. The molecule has 0 aliphatic heterocycles. The molecule has 0 bridgehead atoms. The van der Waals surface area contributed by atoms with E-state index in [1.54, 1.807) is 11.3 Å². The van der Waals surface area contributed by atoms with E-state index in [2.05, 4.69) is 72.3 Å². The van der Waals surface area contributed by atoms with Crippen LogP contribution < -0.4 is 5.32 Å². The molecule has 36 heavy (non-hydrogen) atoms. The number of nitrogens with one attached hydrogen (secondary N) is 1. The maximum atomic E-state index is 11.1. The number of thiophene rings is 1. The predicted molar refractivity (Wildman–Crippen MR) is 141 cm³/mol. The molecule has 1 saturated carbocycles. The van der Waals surface area contributed by atoms with Crippen LogP contribution in [0.4, 0.5) is 0 Å². The van der Waals surface area contributed by atoms with Crippen molar-refractivity contribution in [3.05, 3.63) is 68.9 Å². The lowest BCUT2D eigenvalue weighted by Crippen LogP contribution is -2.45. The summed E-state index contributed by atoms with van der Waals surface area (Å²) in [7, 11) is 0. The fourth-order valence-electron chi connectivity index (χ4n) is 5.76. The molecule has 2 aliphatic rings. The highest BCUT2D eigenvalue weighted by atomic mass is 32.1. The van der Waals surface area contributed by atoms with Crippen LogP contribution in [0.3, 0.4) is 0 Å². The van der Waals surface area contributed by atoms with E-state index in [1.165, 1.54) is 38.9 Å². The van der Waals surface area contributed by atoms with Crippen LogP contribution in [-0.4, -0.2) is 27.3 Å². The molecular formula is C29H29N3O3S. The van der Waals surface area contributed by atoms with Gasteiger partial charge in [-0.25, -0.2) is 0 Å². The van der Waals surface area contributed by atoms with Crippen LogP contribution in [0.2, 0.25) is 0 Å². The lowest BCUT2D eigenvalue weighted by Gasteiger charge is -2.35. The first-order chi connectivity index (χ1) is 17.4. The van der Waals surface area contributed by atoms with E-state index < -0.39 is 5.97 Å². The van der Waals surface area contributed by atoms with Crippen LogP contribution in [0.1, 0.15) is 53.1 Å². The van der Waals surface area contributed by atoms with E-state index in [-0.39, 0.29) is 12.0 Å². The molecule has 1 fully saturated rings. The maximum absolute atomic E-state index is 11.1. The highest BCUT2D eigenvalue weighted by molar-refractivity contribution is 7.08. The average Bonchev–Trinajstić information content (AvgIpc) is 3.55.